The van der Waals surface area contributed by atoms with E-state index in [1.807, 2.05) is 18.2 Å². The zero-order valence-electron chi connectivity index (χ0n) is 9.97. The number of aryl methyl sites for hydroxylation is 1. The van der Waals surface area contributed by atoms with Gasteiger partial charge in [-0.2, -0.15) is 5.10 Å². The summed E-state index contributed by atoms with van der Waals surface area (Å²) in [6.45, 7) is 0.733. The molecule has 0 unspecified atom stereocenters. The van der Waals surface area contributed by atoms with E-state index in [2.05, 4.69) is 21.2 Å². The van der Waals surface area contributed by atoms with Crippen LogP contribution in [0, 0.1) is 0 Å². The minimum absolute atomic E-state index is 0.109. The third-order valence-corrected chi connectivity index (χ3v) is 3.22. The Morgan fingerprint density at radius 3 is 3.00 bits per heavy atom. The lowest BCUT2D eigenvalue weighted by Crippen LogP contribution is -2.32. The number of hydrogen-bond donors (Lipinski definition) is 1. The maximum absolute atomic E-state index is 12.4. The van der Waals surface area contributed by atoms with Crippen LogP contribution in [0.3, 0.4) is 0 Å². The first-order valence-corrected chi connectivity index (χ1v) is 6.11. The molecule has 1 aromatic carbocycles. The quantitative estimate of drug-likeness (QED) is 0.829. The van der Waals surface area contributed by atoms with Crippen LogP contribution in [-0.4, -0.2) is 27.6 Å². The number of carbonyl (C=O) groups excluding carboxylic acids is 1. The van der Waals surface area contributed by atoms with Gasteiger partial charge < -0.3 is 4.90 Å². The van der Waals surface area contributed by atoms with Crippen molar-refractivity contribution in [2.45, 2.75) is 19.3 Å². The van der Waals surface area contributed by atoms with Gasteiger partial charge in [-0.15, -0.1) is 0 Å². The van der Waals surface area contributed by atoms with Crippen LogP contribution in [0.25, 0.3) is 0 Å². The van der Waals surface area contributed by atoms with Crippen LogP contribution in [0.15, 0.2) is 30.6 Å². The van der Waals surface area contributed by atoms with Gasteiger partial charge >= 0.3 is 0 Å². The predicted octanol–water partition coefficient (Wildman–Crippen LogP) is 1.79. The molecule has 3 rings (SSSR count). The number of amides is 1. The summed E-state index contributed by atoms with van der Waals surface area (Å²) in [5.41, 5.74) is 2.22. The van der Waals surface area contributed by atoms with Crippen molar-refractivity contribution in [2.75, 3.05) is 11.4 Å². The van der Waals surface area contributed by atoms with Gasteiger partial charge in [-0.05, 0) is 30.9 Å². The summed E-state index contributed by atoms with van der Waals surface area (Å²) in [5, 5.41) is 6.37. The summed E-state index contributed by atoms with van der Waals surface area (Å²) in [4.78, 5) is 18.1. The van der Waals surface area contributed by atoms with Crippen molar-refractivity contribution in [3.8, 4) is 0 Å². The average Bonchev–Trinajstić information content (AvgIpc) is 2.85. The number of nitrogens with one attached hydrogen (secondary N) is 1. The zero-order chi connectivity index (χ0) is 12.4. The first-order chi connectivity index (χ1) is 8.86. The number of nitrogens with zero attached hydrogens (tertiary/aromatic N) is 3. The van der Waals surface area contributed by atoms with Gasteiger partial charge in [-0.3, -0.25) is 9.89 Å². The molecular weight excluding hydrogens is 228 g/mol. The van der Waals surface area contributed by atoms with Crippen LogP contribution in [-0.2, 0) is 6.42 Å². The van der Waals surface area contributed by atoms with E-state index in [1.165, 1.54) is 11.9 Å². The highest BCUT2D eigenvalue weighted by atomic mass is 16.2. The number of aromatic nitrogens is 3. The highest BCUT2D eigenvalue weighted by Gasteiger charge is 2.23. The molecule has 18 heavy (non-hydrogen) atoms. The third-order valence-electron chi connectivity index (χ3n) is 3.22. The molecule has 1 aliphatic heterocycles. The Morgan fingerprint density at radius 2 is 2.17 bits per heavy atom. The first kappa shape index (κ1) is 11.0. The number of aromatic amines is 1. The number of anilines is 1. The van der Waals surface area contributed by atoms with Crippen molar-refractivity contribution in [1.29, 1.82) is 0 Å². The fourth-order valence-corrected chi connectivity index (χ4v) is 2.34. The van der Waals surface area contributed by atoms with E-state index in [0.717, 1.165) is 31.5 Å². The largest absolute Gasteiger partial charge is 0.305 e. The number of carbonyl (C=O) groups is 1. The summed E-state index contributed by atoms with van der Waals surface area (Å²) in [5.74, 6) is 0.188. The maximum atomic E-state index is 12.4. The molecule has 0 aliphatic carbocycles. The van der Waals surface area contributed by atoms with Crippen molar-refractivity contribution < 1.29 is 4.79 Å². The van der Waals surface area contributed by atoms with E-state index >= 15 is 0 Å². The molecule has 0 fully saturated rings. The number of para-hydroxylation sites is 1. The smallest absolute Gasteiger partial charge is 0.295 e. The second-order valence-corrected chi connectivity index (χ2v) is 4.38. The summed E-state index contributed by atoms with van der Waals surface area (Å²) < 4.78 is 0. The Hall–Kier alpha value is -2.17. The Labute approximate surface area is 105 Å². The summed E-state index contributed by atoms with van der Waals surface area (Å²) in [6.07, 6.45) is 4.50. The molecule has 1 aromatic heterocycles. The van der Waals surface area contributed by atoms with Gasteiger partial charge in [0.25, 0.3) is 5.91 Å². The molecule has 0 spiro atoms. The second kappa shape index (κ2) is 4.60. The average molecular weight is 242 g/mol. The molecule has 0 bridgehead atoms. The molecule has 0 atom stereocenters. The molecule has 0 radical (unpaired) electrons. The first-order valence-electron chi connectivity index (χ1n) is 6.11. The highest BCUT2D eigenvalue weighted by Crippen LogP contribution is 2.26. The minimum Gasteiger partial charge on any atom is -0.305 e. The summed E-state index contributed by atoms with van der Waals surface area (Å²) in [7, 11) is 0. The number of hydrogen-bond acceptors (Lipinski definition) is 3. The summed E-state index contributed by atoms with van der Waals surface area (Å²) in [6, 6.07) is 8.06. The maximum Gasteiger partial charge on any atom is 0.295 e. The number of benzene rings is 1. The van der Waals surface area contributed by atoms with Crippen LogP contribution < -0.4 is 4.90 Å². The van der Waals surface area contributed by atoms with E-state index in [9.17, 15) is 4.79 Å². The Bertz CT molecular complexity index is 550. The molecule has 5 heteroatoms. The fraction of sp³-hybridized carbons (Fsp3) is 0.308. The number of H-pyrrole nitrogens is 1. The normalized spacial score (nSPS) is 15.0. The Balaban J connectivity index is 1.99. The van der Waals surface area contributed by atoms with Crippen LogP contribution in [0.1, 0.15) is 29.0 Å². The van der Waals surface area contributed by atoms with Gasteiger partial charge in [0.15, 0.2) is 0 Å². The Morgan fingerprint density at radius 1 is 1.28 bits per heavy atom. The van der Waals surface area contributed by atoms with E-state index in [-0.39, 0.29) is 5.91 Å². The molecular formula is C13H14N4O. The van der Waals surface area contributed by atoms with Crippen LogP contribution in [0.2, 0.25) is 0 Å². The van der Waals surface area contributed by atoms with Crippen molar-refractivity contribution in [1.82, 2.24) is 15.2 Å². The molecule has 5 nitrogen and oxygen atoms in total. The second-order valence-electron chi connectivity index (χ2n) is 4.38. The van der Waals surface area contributed by atoms with Gasteiger partial charge in [0.1, 0.15) is 6.33 Å². The molecule has 0 saturated carbocycles. The predicted molar refractivity (Wildman–Crippen MR) is 67.4 cm³/mol. The molecule has 1 amide bonds. The molecule has 2 heterocycles. The molecule has 2 aromatic rings. The SMILES string of the molecule is O=C(c1ncn[nH]1)N1CCCCc2ccccc21. The van der Waals surface area contributed by atoms with E-state index in [4.69, 9.17) is 0 Å². The third kappa shape index (κ3) is 1.88. The van der Waals surface area contributed by atoms with E-state index in [0.29, 0.717) is 5.82 Å². The minimum atomic E-state index is -0.109. The fourth-order valence-electron chi connectivity index (χ4n) is 2.34. The lowest BCUT2D eigenvalue weighted by atomic mass is 10.1. The van der Waals surface area contributed by atoms with E-state index < -0.39 is 0 Å². The number of fused-ring (bicyclic) bond motifs is 1. The number of rotatable bonds is 1. The summed E-state index contributed by atoms with van der Waals surface area (Å²) >= 11 is 0. The molecule has 1 aliphatic rings. The van der Waals surface area contributed by atoms with Gasteiger partial charge in [0, 0.05) is 12.2 Å². The van der Waals surface area contributed by atoms with Crippen molar-refractivity contribution >= 4 is 11.6 Å². The monoisotopic (exact) mass is 242 g/mol. The Kier molecular flexibility index (Phi) is 2.80. The van der Waals surface area contributed by atoms with E-state index in [1.54, 1.807) is 4.90 Å². The van der Waals surface area contributed by atoms with Gasteiger partial charge in [-0.1, -0.05) is 18.2 Å². The standard InChI is InChI=1S/C13H14N4O/c18-13(12-14-9-15-16-12)17-8-4-3-6-10-5-1-2-7-11(10)17/h1-2,5,7,9H,3-4,6,8H2,(H,14,15,16). The van der Waals surface area contributed by atoms with Gasteiger partial charge in [-0.25, -0.2) is 4.98 Å². The lowest BCUT2D eigenvalue weighted by molar-refractivity contribution is 0.0977. The lowest BCUT2D eigenvalue weighted by Gasteiger charge is -2.21. The van der Waals surface area contributed by atoms with Crippen LogP contribution >= 0.6 is 0 Å². The van der Waals surface area contributed by atoms with Crippen LogP contribution in [0.5, 0.6) is 0 Å². The van der Waals surface area contributed by atoms with Crippen molar-refractivity contribution in [3.05, 3.63) is 42.0 Å². The van der Waals surface area contributed by atoms with Gasteiger partial charge in [0.05, 0.1) is 0 Å². The van der Waals surface area contributed by atoms with Crippen LogP contribution in [0.4, 0.5) is 5.69 Å². The molecule has 1 N–H and O–H groups in total. The van der Waals surface area contributed by atoms with Gasteiger partial charge in [0.2, 0.25) is 5.82 Å². The van der Waals surface area contributed by atoms with Crippen molar-refractivity contribution in [3.63, 3.8) is 0 Å². The highest BCUT2D eigenvalue weighted by molar-refractivity contribution is 6.04. The van der Waals surface area contributed by atoms with Crippen molar-refractivity contribution in [2.24, 2.45) is 0 Å². The molecule has 92 valence electrons. The molecule has 0 saturated heterocycles. The topological polar surface area (TPSA) is 61.9 Å². The zero-order valence-corrected chi connectivity index (χ0v) is 9.97.